The molecular weight excluding hydrogens is 561 g/mol. The van der Waals surface area contributed by atoms with Crippen molar-refractivity contribution < 1.29 is 31.5 Å². The van der Waals surface area contributed by atoms with Gasteiger partial charge in [-0.05, 0) is 59.9 Å². The van der Waals surface area contributed by atoms with E-state index in [2.05, 4.69) is 16.9 Å². The Labute approximate surface area is 235 Å². The van der Waals surface area contributed by atoms with E-state index in [0.717, 1.165) is 30.0 Å². The Bertz CT molecular complexity index is 1710. The summed E-state index contributed by atoms with van der Waals surface area (Å²) >= 11 is 0. The minimum atomic E-state index is -4.71. The third-order valence-electron chi connectivity index (χ3n) is 6.84. The van der Waals surface area contributed by atoms with Crippen LogP contribution in [0.15, 0.2) is 54.0 Å². The molecule has 1 aromatic carbocycles. The number of halogens is 5. The highest BCUT2D eigenvalue weighted by Crippen LogP contribution is 2.41. The summed E-state index contributed by atoms with van der Waals surface area (Å²) in [6.45, 7) is 0.370. The van der Waals surface area contributed by atoms with Gasteiger partial charge in [-0.15, -0.1) is 0 Å². The van der Waals surface area contributed by atoms with Gasteiger partial charge in [-0.25, -0.2) is 13.8 Å². The van der Waals surface area contributed by atoms with Crippen LogP contribution in [0.5, 0.6) is 0 Å². The number of anilines is 1. The van der Waals surface area contributed by atoms with Gasteiger partial charge < -0.3 is 14.8 Å². The summed E-state index contributed by atoms with van der Waals surface area (Å²) in [5.74, 6) is -4.71. The van der Waals surface area contributed by atoms with E-state index in [4.69, 9.17) is 0 Å². The van der Waals surface area contributed by atoms with E-state index in [0.29, 0.717) is 21.4 Å². The average molecular weight is 584 g/mol. The molecule has 216 valence electrons. The SMILES string of the molecule is C=Cc1cc(C(=O)Nc2cc(-c3ccc(C#N)cc3C(=O)N3CC(F)(F)C3)cc(C3CC3)n2)c(=O)n(CC(F)(F)F)c1. The molecule has 0 radical (unpaired) electrons. The summed E-state index contributed by atoms with van der Waals surface area (Å²) in [7, 11) is 0. The second-order valence-corrected chi connectivity index (χ2v) is 10.2. The quantitative estimate of drug-likeness (QED) is 0.385. The van der Waals surface area contributed by atoms with Gasteiger partial charge in [0.15, 0.2) is 0 Å². The zero-order valence-corrected chi connectivity index (χ0v) is 21.8. The lowest BCUT2D eigenvalue weighted by molar-refractivity contribution is -0.141. The summed E-state index contributed by atoms with van der Waals surface area (Å²) < 4.78 is 66.5. The van der Waals surface area contributed by atoms with Gasteiger partial charge in [0.2, 0.25) is 0 Å². The Hall–Kier alpha value is -4.86. The maximum Gasteiger partial charge on any atom is 0.406 e. The molecule has 1 saturated carbocycles. The Morgan fingerprint density at radius 3 is 2.45 bits per heavy atom. The number of nitrogens with one attached hydrogen (secondary N) is 1. The molecule has 0 unspecified atom stereocenters. The fourth-order valence-corrected chi connectivity index (χ4v) is 4.66. The van der Waals surface area contributed by atoms with E-state index in [1.807, 2.05) is 6.07 Å². The number of alkyl halides is 5. The van der Waals surface area contributed by atoms with E-state index in [9.17, 15) is 41.6 Å². The predicted molar refractivity (Wildman–Crippen MR) is 142 cm³/mol. The molecule has 3 aromatic rings. The number of hydrogen-bond donors (Lipinski definition) is 1. The zero-order chi connectivity index (χ0) is 30.4. The standard InChI is InChI=1S/C29H22F5N5O3/c1-2-16-7-22(27(42)38(12-16)15-29(32,33)34)25(40)37-24-10-19(9-23(36-24)18-4-5-18)20-6-3-17(11-35)8-21(20)26(41)39-13-28(30,31)14-39/h2-3,6-10,12,18H,1,4-5,13-15H2,(H,36,37,40). The monoisotopic (exact) mass is 583 g/mol. The maximum atomic E-state index is 13.5. The first kappa shape index (κ1) is 28.7. The van der Waals surface area contributed by atoms with Crippen LogP contribution in [0.1, 0.15) is 56.3 Å². The number of nitrogens with zero attached hydrogens (tertiary/aromatic N) is 4. The van der Waals surface area contributed by atoms with Crippen molar-refractivity contribution in [2.45, 2.75) is 37.4 Å². The molecule has 0 atom stereocenters. The Kier molecular flexibility index (Phi) is 7.18. The van der Waals surface area contributed by atoms with Crippen LogP contribution in [-0.2, 0) is 6.54 Å². The van der Waals surface area contributed by atoms with E-state index in [1.54, 1.807) is 6.07 Å². The van der Waals surface area contributed by atoms with E-state index >= 15 is 0 Å². The topological polar surface area (TPSA) is 108 Å². The number of rotatable bonds is 7. The number of hydrogen-bond acceptors (Lipinski definition) is 5. The van der Waals surface area contributed by atoms with Crippen molar-refractivity contribution in [2.75, 3.05) is 18.4 Å². The minimum absolute atomic E-state index is 0.00324. The van der Waals surface area contributed by atoms with Crippen LogP contribution < -0.4 is 10.9 Å². The number of carbonyl (C=O) groups excluding carboxylic acids is 2. The lowest BCUT2D eigenvalue weighted by Gasteiger charge is -2.39. The van der Waals surface area contributed by atoms with Crippen molar-refractivity contribution in [3.05, 3.63) is 87.5 Å². The molecule has 2 aromatic heterocycles. The van der Waals surface area contributed by atoms with Gasteiger partial charge in [-0.1, -0.05) is 18.7 Å². The molecule has 13 heteroatoms. The molecule has 1 aliphatic heterocycles. The van der Waals surface area contributed by atoms with Crippen molar-refractivity contribution in [3.63, 3.8) is 0 Å². The molecule has 1 N–H and O–H groups in total. The maximum absolute atomic E-state index is 13.5. The summed E-state index contributed by atoms with van der Waals surface area (Å²) in [6, 6.07) is 10.4. The van der Waals surface area contributed by atoms with Gasteiger partial charge in [-0.3, -0.25) is 14.4 Å². The molecule has 2 amide bonds. The van der Waals surface area contributed by atoms with Crippen LogP contribution in [0.25, 0.3) is 17.2 Å². The van der Waals surface area contributed by atoms with Crippen LogP contribution >= 0.6 is 0 Å². The first-order valence-corrected chi connectivity index (χ1v) is 12.8. The molecule has 42 heavy (non-hydrogen) atoms. The Morgan fingerprint density at radius 1 is 1.14 bits per heavy atom. The Morgan fingerprint density at radius 2 is 1.86 bits per heavy atom. The lowest BCUT2D eigenvalue weighted by Crippen LogP contribution is -2.58. The number of carbonyl (C=O) groups is 2. The molecule has 5 rings (SSSR count). The molecule has 2 fully saturated rings. The number of pyridine rings is 2. The van der Waals surface area contributed by atoms with Crippen molar-refractivity contribution >= 4 is 23.7 Å². The van der Waals surface area contributed by atoms with E-state index < -0.39 is 54.7 Å². The number of benzene rings is 1. The van der Waals surface area contributed by atoms with Gasteiger partial charge in [0, 0.05) is 23.4 Å². The largest absolute Gasteiger partial charge is 0.406 e. The van der Waals surface area contributed by atoms with Crippen LogP contribution in [0.3, 0.4) is 0 Å². The van der Waals surface area contributed by atoms with Crippen molar-refractivity contribution in [1.29, 1.82) is 5.26 Å². The lowest BCUT2D eigenvalue weighted by atomic mass is 9.95. The summed E-state index contributed by atoms with van der Waals surface area (Å²) in [5, 5.41) is 11.8. The highest BCUT2D eigenvalue weighted by Gasteiger charge is 2.46. The second kappa shape index (κ2) is 10.5. The smallest absolute Gasteiger partial charge is 0.326 e. The molecule has 8 nitrogen and oxygen atoms in total. The molecule has 1 aliphatic carbocycles. The van der Waals surface area contributed by atoms with Crippen molar-refractivity contribution in [3.8, 4) is 17.2 Å². The van der Waals surface area contributed by atoms with Gasteiger partial charge in [0.1, 0.15) is 17.9 Å². The normalized spacial score (nSPS) is 15.9. The average Bonchev–Trinajstić information content (AvgIpc) is 3.77. The number of nitriles is 1. The highest BCUT2D eigenvalue weighted by molar-refractivity contribution is 6.05. The second-order valence-electron chi connectivity index (χ2n) is 10.2. The molecule has 0 bridgehead atoms. The van der Waals surface area contributed by atoms with Gasteiger partial charge >= 0.3 is 6.18 Å². The molecular formula is C29H22F5N5O3. The first-order valence-electron chi connectivity index (χ1n) is 12.8. The first-order chi connectivity index (χ1) is 19.8. The number of aromatic nitrogens is 2. The third kappa shape index (κ3) is 6.07. The highest BCUT2D eigenvalue weighted by atomic mass is 19.4. The van der Waals surface area contributed by atoms with E-state index in [-0.39, 0.29) is 28.4 Å². The molecule has 0 spiro atoms. The number of amides is 2. The summed E-state index contributed by atoms with van der Waals surface area (Å²) in [6.07, 6.45) is -0.967. The van der Waals surface area contributed by atoms with Crippen LogP contribution in [0, 0.1) is 11.3 Å². The van der Waals surface area contributed by atoms with Crippen LogP contribution in [0.2, 0.25) is 0 Å². The Balaban J connectivity index is 1.53. The van der Waals surface area contributed by atoms with E-state index in [1.165, 1.54) is 30.3 Å². The molecule has 1 saturated heterocycles. The van der Waals surface area contributed by atoms with Crippen LogP contribution in [-0.4, -0.2) is 51.5 Å². The molecule has 2 aliphatic rings. The third-order valence-corrected chi connectivity index (χ3v) is 6.84. The minimum Gasteiger partial charge on any atom is -0.326 e. The summed E-state index contributed by atoms with van der Waals surface area (Å²) in [5.41, 5.74) is -0.242. The van der Waals surface area contributed by atoms with Crippen molar-refractivity contribution in [2.24, 2.45) is 0 Å². The summed E-state index contributed by atoms with van der Waals surface area (Å²) in [4.78, 5) is 44.5. The zero-order valence-electron chi connectivity index (χ0n) is 21.8. The van der Waals surface area contributed by atoms with Gasteiger partial charge in [0.05, 0.1) is 24.7 Å². The fraction of sp³-hybridized carbons (Fsp3) is 0.276. The fourth-order valence-electron chi connectivity index (χ4n) is 4.66. The predicted octanol–water partition coefficient (Wildman–Crippen LogP) is 5.21. The molecule has 3 heterocycles. The van der Waals surface area contributed by atoms with Crippen molar-refractivity contribution in [1.82, 2.24) is 14.5 Å². The van der Waals surface area contributed by atoms with Crippen LogP contribution in [0.4, 0.5) is 27.8 Å². The van der Waals surface area contributed by atoms with Gasteiger partial charge in [0.25, 0.3) is 23.3 Å². The van der Waals surface area contributed by atoms with Gasteiger partial charge in [-0.2, -0.15) is 18.4 Å². The number of likely N-dealkylation sites (tertiary alicyclic amines) is 1.